The van der Waals surface area contributed by atoms with Crippen molar-refractivity contribution in [3.8, 4) is 5.75 Å². The van der Waals surface area contributed by atoms with Crippen molar-refractivity contribution in [1.82, 2.24) is 15.5 Å². The number of amides is 3. The Bertz CT molecular complexity index is 1820. The molecule has 5 atom stereocenters. The van der Waals surface area contributed by atoms with Crippen molar-refractivity contribution in [2.24, 2.45) is 17.3 Å². The van der Waals surface area contributed by atoms with Gasteiger partial charge in [-0.15, -0.1) is 0 Å². The maximum Gasteiger partial charge on any atom is 0.482 e. The third-order valence-corrected chi connectivity index (χ3v) is 12.2. The van der Waals surface area contributed by atoms with Gasteiger partial charge in [0.25, 0.3) is 0 Å². The Morgan fingerprint density at radius 2 is 1.58 bits per heavy atom. The third-order valence-electron chi connectivity index (χ3n) is 12.2. The molecule has 2 aromatic rings. The highest BCUT2D eigenvalue weighted by atomic mass is 16.7. The summed E-state index contributed by atoms with van der Waals surface area (Å²) in [6, 6.07) is 14.5. The Kier molecular flexibility index (Phi) is 11.7. The molecule has 4 unspecified atom stereocenters. The molecule has 5 aliphatic rings. The highest BCUT2D eigenvalue weighted by molar-refractivity contribution is 6.48. The lowest BCUT2D eigenvalue weighted by Gasteiger charge is -2.64. The summed E-state index contributed by atoms with van der Waals surface area (Å²) in [6.45, 7) is 17.8. The van der Waals surface area contributed by atoms with Gasteiger partial charge in [-0.2, -0.15) is 0 Å². The van der Waals surface area contributed by atoms with Crippen molar-refractivity contribution in [3.05, 3.63) is 65.2 Å². The van der Waals surface area contributed by atoms with Crippen molar-refractivity contribution in [2.45, 2.75) is 135 Å². The summed E-state index contributed by atoms with van der Waals surface area (Å²) in [6.07, 6.45) is 0.792. The predicted octanol–water partition coefficient (Wildman–Crippen LogP) is 6.64. The van der Waals surface area contributed by atoms with Gasteiger partial charge in [-0.1, -0.05) is 56.3 Å². The van der Waals surface area contributed by atoms with Gasteiger partial charge in [0.15, 0.2) is 0 Å². The first-order valence-electron chi connectivity index (χ1n) is 20.1. The molecule has 57 heavy (non-hydrogen) atoms. The Labute approximate surface area is 337 Å². The minimum atomic E-state index is -1.47. The summed E-state index contributed by atoms with van der Waals surface area (Å²) in [4.78, 5) is 56.4. The van der Waals surface area contributed by atoms with E-state index in [1.54, 1.807) is 58.6 Å². The fourth-order valence-corrected chi connectivity index (χ4v) is 9.07. The van der Waals surface area contributed by atoms with Gasteiger partial charge in [0, 0.05) is 13.1 Å². The predicted molar refractivity (Wildman–Crippen MR) is 213 cm³/mol. The molecule has 7 rings (SSSR count). The molecule has 2 aliphatic heterocycles. The minimum Gasteiger partial charge on any atom is -0.496 e. The van der Waals surface area contributed by atoms with E-state index in [9.17, 15) is 19.2 Å². The lowest BCUT2D eigenvalue weighted by molar-refractivity contribution is -0.199. The Morgan fingerprint density at radius 1 is 0.912 bits per heavy atom. The molecule has 13 nitrogen and oxygen atoms in total. The van der Waals surface area contributed by atoms with Gasteiger partial charge in [0.2, 0.25) is 5.91 Å². The van der Waals surface area contributed by atoms with E-state index in [-0.39, 0.29) is 62.0 Å². The number of esters is 1. The summed E-state index contributed by atoms with van der Waals surface area (Å²) < 4.78 is 36.5. The maximum absolute atomic E-state index is 14.9. The first-order chi connectivity index (χ1) is 26.6. The number of carbonyl (C=O) groups is 4. The van der Waals surface area contributed by atoms with Gasteiger partial charge in [-0.25, -0.2) is 14.4 Å². The van der Waals surface area contributed by atoms with Crippen molar-refractivity contribution >= 4 is 31.2 Å². The van der Waals surface area contributed by atoms with Crippen LogP contribution in [0.25, 0.3) is 0 Å². The monoisotopic (exact) mass is 789 g/mol. The minimum absolute atomic E-state index is 0.00699. The summed E-state index contributed by atoms with van der Waals surface area (Å²) >= 11 is 0. The van der Waals surface area contributed by atoms with E-state index in [1.807, 2.05) is 36.4 Å². The molecule has 2 heterocycles. The number of benzene rings is 2. The van der Waals surface area contributed by atoms with Crippen LogP contribution < -0.4 is 15.4 Å². The van der Waals surface area contributed by atoms with Crippen LogP contribution in [-0.4, -0.2) is 90.7 Å². The molecule has 2 aromatic carbocycles. The van der Waals surface area contributed by atoms with E-state index in [0.29, 0.717) is 17.2 Å². The molecule has 2 bridgehead atoms. The number of carbonyl (C=O) groups excluding carboxylic acids is 4. The van der Waals surface area contributed by atoms with E-state index >= 15 is 0 Å². The number of methoxy groups -OCH3 is 1. The number of hydrogen-bond acceptors (Lipinski definition) is 10. The largest absolute Gasteiger partial charge is 0.496 e. The zero-order valence-electron chi connectivity index (χ0n) is 35.2. The molecule has 5 fully saturated rings. The number of nitrogens with zero attached hydrogens (tertiary/aromatic N) is 1. The molecular weight excluding hydrogens is 729 g/mol. The lowest BCUT2D eigenvalue weighted by atomic mass is 9.43. The second-order valence-electron chi connectivity index (χ2n) is 18.9. The van der Waals surface area contributed by atoms with Crippen molar-refractivity contribution < 1.29 is 47.4 Å². The average Bonchev–Trinajstić information content (AvgIpc) is 3.50. The molecule has 310 valence electrons. The van der Waals surface area contributed by atoms with E-state index in [2.05, 4.69) is 31.4 Å². The molecule has 0 radical (unpaired) electrons. The molecule has 2 N–H and O–H groups in total. The van der Waals surface area contributed by atoms with Gasteiger partial charge in [0.1, 0.15) is 34.7 Å². The van der Waals surface area contributed by atoms with Gasteiger partial charge in [-0.3, -0.25) is 4.79 Å². The number of rotatable bonds is 10. The van der Waals surface area contributed by atoms with Gasteiger partial charge >= 0.3 is 25.3 Å². The van der Waals surface area contributed by atoms with Crippen LogP contribution in [-0.2, 0) is 41.3 Å². The summed E-state index contributed by atoms with van der Waals surface area (Å²) in [5.74, 6) is -0.711. The van der Waals surface area contributed by atoms with E-state index in [1.165, 1.54) is 7.11 Å². The van der Waals surface area contributed by atoms with Crippen LogP contribution in [0.15, 0.2) is 48.5 Å². The highest BCUT2D eigenvalue weighted by Crippen LogP contribution is 2.65. The van der Waals surface area contributed by atoms with Crippen molar-refractivity contribution in [1.29, 1.82) is 0 Å². The molecular formula is C43H60BN3O10. The van der Waals surface area contributed by atoms with Crippen LogP contribution in [0, 0.1) is 17.3 Å². The smallest absolute Gasteiger partial charge is 0.482 e. The summed E-state index contributed by atoms with van der Waals surface area (Å²) in [7, 11) is 0.629. The molecule has 2 saturated heterocycles. The van der Waals surface area contributed by atoms with E-state index in [0.717, 1.165) is 18.4 Å². The zero-order valence-corrected chi connectivity index (χ0v) is 35.2. The van der Waals surface area contributed by atoms with Gasteiger partial charge in [-0.05, 0) is 115 Å². The van der Waals surface area contributed by atoms with Crippen LogP contribution in [0.2, 0.25) is 0 Å². The van der Waals surface area contributed by atoms with Gasteiger partial charge < -0.3 is 43.8 Å². The quantitative estimate of drug-likeness (QED) is 0.152. The summed E-state index contributed by atoms with van der Waals surface area (Å²) in [5.41, 5.74) is -1.72. The van der Waals surface area contributed by atoms with Crippen LogP contribution in [0.4, 0.5) is 9.59 Å². The fraction of sp³-hybridized carbons (Fsp3) is 0.628. The molecule has 0 aromatic heterocycles. The molecule has 3 aliphatic carbocycles. The van der Waals surface area contributed by atoms with E-state index in [4.69, 9.17) is 28.3 Å². The second kappa shape index (κ2) is 15.8. The van der Waals surface area contributed by atoms with Gasteiger partial charge in [0.05, 0.1) is 24.8 Å². The Hall–Kier alpha value is -4.30. The lowest BCUT2D eigenvalue weighted by Crippen LogP contribution is -2.66. The standard InChI is InChI=1S/C43H60BN3O10/c1-39(2,3)54-35(48)30-18-14-17-28(34(30)52-10)23-33(44-56-32-25-29-24-31(41(29,7)8)42(32,9)57-44)45-36(49)43(46-37(50)53-26-27-15-12-11-13-16-27)19-21-47(22-20-43)38(51)55-40(4,5)6/h11-18,29,31-33H,19-26H2,1-10H3,(H,45,49)(H,46,50)/t29?,31?,32?,33-,42?/m0/s1. The zero-order chi connectivity index (χ0) is 41.6. The number of ether oxygens (including phenoxy) is 4. The SMILES string of the molecule is COc1c(C[C@H](NC(=O)C2(NC(=O)OCc3ccccc3)CCN(C(=O)OC(C)(C)C)CC2)B2OC3CC4CC(C4(C)C)C3(C)O2)cccc1C(=O)OC(C)(C)C. The van der Waals surface area contributed by atoms with Crippen LogP contribution >= 0.6 is 0 Å². The number of alkyl carbamates (subject to hydrolysis) is 1. The fourth-order valence-electron chi connectivity index (χ4n) is 9.07. The van der Waals surface area contributed by atoms with E-state index < -0.39 is 59.5 Å². The van der Waals surface area contributed by atoms with Crippen LogP contribution in [0.1, 0.15) is 109 Å². The summed E-state index contributed by atoms with van der Waals surface area (Å²) in [5, 5.41) is 6.13. The van der Waals surface area contributed by atoms with Crippen molar-refractivity contribution in [3.63, 3.8) is 0 Å². The normalized spacial score (nSPS) is 25.3. The second-order valence-corrected chi connectivity index (χ2v) is 18.9. The maximum atomic E-state index is 14.9. The van der Waals surface area contributed by atoms with Crippen molar-refractivity contribution in [2.75, 3.05) is 20.2 Å². The topological polar surface area (TPSA) is 151 Å². The highest BCUT2D eigenvalue weighted by Gasteiger charge is 2.68. The van der Waals surface area contributed by atoms with Crippen LogP contribution in [0.5, 0.6) is 5.75 Å². The molecule has 14 heteroatoms. The third kappa shape index (κ3) is 9.07. The first kappa shape index (κ1) is 42.3. The first-order valence-corrected chi connectivity index (χ1v) is 20.1. The Morgan fingerprint density at radius 3 is 2.19 bits per heavy atom. The number of para-hydroxylation sites is 1. The number of likely N-dealkylation sites (tertiary alicyclic amines) is 1. The number of nitrogens with one attached hydrogen (secondary N) is 2. The molecule has 3 amide bonds. The Balaban J connectivity index is 1.30. The number of piperidine rings is 1. The van der Waals surface area contributed by atoms with Crippen LogP contribution in [0.3, 0.4) is 0 Å². The number of hydrogen-bond donors (Lipinski definition) is 2. The average molecular weight is 790 g/mol. The molecule has 0 spiro atoms. The molecule has 3 saturated carbocycles.